The molecule has 3 N–H and O–H groups in total. The molecule has 0 aliphatic heterocycles. The Kier molecular flexibility index (Phi) is 4.48. The van der Waals surface area contributed by atoms with E-state index in [1.54, 1.807) is 12.1 Å². The second-order valence-electron chi connectivity index (χ2n) is 5.27. The molecule has 0 radical (unpaired) electrons. The van der Waals surface area contributed by atoms with Crippen LogP contribution in [-0.4, -0.2) is 20.0 Å². The molecule has 4 heteroatoms. The summed E-state index contributed by atoms with van der Waals surface area (Å²) in [5, 5.41) is 2.98. The summed E-state index contributed by atoms with van der Waals surface area (Å²) in [7, 11) is 3.84. The van der Waals surface area contributed by atoms with Crippen LogP contribution in [0.5, 0.6) is 0 Å². The second-order valence-corrected chi connectivity index (χ2v) is 5.27. The standard InChI is InChI=1S/C17H21N3O/c1-12(13-7-5-4-6-8-13)19-17(21)14-9-10-16(20(2)3)15(18)11-14/h4-12H,18H2,1-3H3,(H,19,21). The van der Waals surface area contributed by atoms with Gasteiger partial charge in [0.05, 0.1) is 17.4 Å². The van der Waals surface area contributed by atoms with E-state index in [4.69, 9.17) is 5.73 Å². The van der Waals surface area contributed by atoms with E-state index in [9.17, 15) is 4.79 Å². The molecule has 21 heavy (non-hydrogen) atoms. The molecule has 0 saturated carbocycles. The average molecular weight is 283 g/mol. The SMILES string of the molecule is CC(NC(=O)c1ccc(N(C)C)c(N)c1)c1ccccc1. The van der Waals surface area contributed by atoms with E-state index in [2.05, 4.69) is 5.32 Å². The monoisotopic (exact) mass is 283 g/mol. The van der Waals surface area contributed by atoms with Gasteiger partial charge in [0, 0.05) is 19.7 Å². The molecule has 0 spiro atoms. The Labute approximate surface area is 125 Å². The van der Waals surface area contributed by atoms with Crippen LogP contribution < -0.4 is 16.0 Å². The summed E-state index contributed by atoms with van der Waals surface area (Å²) in [6, 6.07) is 15.2. The van der Waals surface area contributed by atoms with Crippen LogP contribution >= 0.6 is 0 Å². The number of carbonyl (C=O) groups excluding carboxylic acids is 1. The van der Waals surface area contributed by atoms with Crippen molar-refractivity contribution in [3.8, 4) is 0 Å². The van der Waals surface area contributed by atoms with Gasteiger partial charge in [0.25, 0.3) is 5.91 Å². The number of benzene rings is 2. The molecule has 4 nitrogen and oxygen atoms in total. The average Bonchev–Trinajstić information content (AvgIpc) is 2.47. The molecule has 0 heterocycles. The highest BCUT2D eigenvalue weighted by molar-refractivity contribution is 5.96. The first-order valence-electron chi connectivity index (χ1n) is 6.91. The molecule has 0 aliphatic rings. The van der Waals surface area contributed by atoms with Crippen molar-refractivity contribution in [3.05, 3.63) is 59.7 Å². The van der Waals surface area contributed by atoms with Crippen LogP contribution in [0.2, 0.25) is 0 Å². The summed E-state index contributed by atoms with van der Waals surface area (Å²) in [4.78, 5) is 14.2. The molecule has 2 rings (SSSR count). The maximum atomic E-state index is 12.3. The van der Waals surface area contributed by atoms with Gasteiger partial charge in [0.1, 0.15) is 0 Å². The number of hydrogen-bond acceptors (Lipinski definition) is 3. The number of nitrogens with zero attached hydrogens (tertiary/aromatic N) is 1. The third kappa shape index (κ3) is 3.54. The summed E-state index contributed by atoms with van der Waals surface area (Å²) < 4.78 is 0. The molecule has 0 aliphatic carbocycles. The summed E-state index contributed by atoms with van der Waals surface area (Å²) >= 11 is 0. The highest BCUT2D eigenvalue weighted by Gasteiger charge is 2.12. The lowest BCUT2D eigenvalue weighted by Crippen LogP contribution is -2.26. The van der Waals surface area contributed by atoms with Crippen molar-refractivity contribution in [3.63, 3.8) is 0 Å². The zero-order valence-corrected chi connectivity index (χ0v) is 12.6. The molecule has 110 valence electrons. The van der Waals surface area contributed by atoms with E-state index in [0.717, 1.165) is 11.3 Å². The van der Waals surface area contributed by atoms with Gasteiger partial charge in [-0.1, -0.05) is 30.3 Å². The number of nitrogens with two attached hydrogens (primary N) is 1. The van der Waals surface area contributed by atoms with Gasteiger partial charge in [0.15, 0.2) is 0 Å². The van der Waals surface area contributed by atoms with Crippen LogP contribution in [0.4, 0.5) is 11.4 Å². The topological polar surface area (TPSA) is 58.4 Å². The van der Waals surface area contributed by atoms with Crippen LogP contribution in [0.15, 0.2) is 48.5 Å². The fraction of sp³-hybridized carbons (Fsp3) is 0.235. The Morgan fingerprint density at radius 3 is 2.38 bits per heavy atom. The smallest absolute Gasteiger partial charge is 0.251 e. The Balaban J connectivity index is 2.12. The predicted octanol–water partition coefficient (Wildman–Crippen LogP) is 2.83. The summed E-state index contributed by atoms with van der Waals surface area (Å²) in [5.74, 6) is -0.122. The number of amides is 1. The highest BCUT2D eigenvalue weighted by atomic mass is 16.1. The van der Waals surface area contributed by atoms with Crippen LogP contribution in [0.25, 0.3) is 0 Å². The van der Waals surface area contributed by atoms with E-state index in [1.807, 2.05) is 62.3 Å². The van der Waals surface area contributed by atoms with E-state index < -0.39 is 0 Å². The molecular weight excluding hydrogens is 262 g/mol. The summed E-state index contributed by atoms with van der Waals surface area (Å²) in [6.07, 6.45) is 0. The lowest BCUT2D eigenvalue weighted by Gasteiger charge is -2.17. The molecule has 2 aromatic carbocycles. The first kappa shape index (κ1) is 14.9. The third-order valence-corrected chi connectivity index (χ3v) is 3.42. The van der Waals surface area contributed by atoms with Crippen LogP contribution in [-0.2, 0) is 0 Å². The van der Waals surface area contributed by atoms with Gasteiger partial charge in [-0.25, -0.2) is 0 Å². The van der Waals surface area contributed by atoms with E-state index in [0.29, 0.717) is 11.3 Å². The number of hydrogen-bond donors (Lipinski definition) is 2. The van der Waals surface area contributed by atoms with Crippen LogP contribution in [0.1, 0.15) is 28.9 Å². The minimum atomic E-state index is -0.122. The molecule has 1 unspecified atom stereocenters. The Bertz CT molecular complexity index is 623. The number of nitrogen functional groups attached to an aromatic ring is 1. The summed E-state index contributed by atoms with van der Waals surface area (Å²) in [6.45, 7) is 1.96. The maximum Gasteiger partial charge on any atom is 0.251 e. The van der Waals surface area contributed by atoms with Crippen LogP contribution in [0.3, 0.4) is 0 Å². The molecule has 1 atom stereocenters. The lowest BCUT2D eigenvalue weighted by atomic mass is 10.1. The predicted molar refractivity (Wildman–Crippen MR) is 87.5 cm³/mol. The lowest BCUT2D eigenvalue weighted by molar-refractivity contribution is 0.0940. The number of rotatable bonds is 4. The minimum Gasteiger partial charge on any atom is -0.397 e. The van der Waals surface area contributed by atoms with Gasteiger partial charge in [-0.05, 0) is 30.7 Å². The fourth-order valence-corrected chi connectivity index (χ4v) is 2.21. The largest absolute Gasteiger partial charge is 0.397 e. The first-order chi connectivity index (χ1) is 9.99. The summed E-state index contributed by atoms with van der Waals surface area (Å²) in [5.41, 5.74) is 9.13. The number of carbonyl (C=O) groups is 1. The maximum absolute atomic E-state index is 12.3. The second kappa shape index (κ2) is 6.31. The minimum absolute atomic E-state index is 0.0477. The van der Waals surface area contributed by atoms with Crippen molar-refractivity contribution in [2.24, 2.45) is 0 Å². The van der Waals surface area contributed by atoms with Gasteiger partial charge in [-0.2, -0.15) is 0 Å². The van der Waals surface area contributed by atoms with Gasteiger partial charge in [0.2, 0.25) is 0 Å². The van der Waals surface area contributed by atoms with Crippen molar-refractivity contribution in [1.82, 2.24) is 5.32 Å². The molecule has 1 amide bonds. The van der Waals surface area contributed by atoms with Crippen molar-refractivity contribution in [2.45, 2.75) is 13.0 Å². The quantitative estimate of drug-likeness (QED) is 0.848. The van der Waals surface area contributed by atoms with E-state index >= 15 is 0 Å². The zero-order chi connectivity index (χ0) is 15.4. The van der Waals surface area contributed by atoms with E-state index in [1.165, 1.54) is 0 Å². The van der Waals surface area contributed by atoms with Crippen molar-refractivity contribution >= 4 is 17.3 Å². The van der Waals surface area contributed by atoms with Gasteiger partial charge in [-0.15, -0.1) is 0 Å². The zero-order valence-electron chi connectivity index (χ0n) is 12.6. The van der Waals surface area contributed by atoms with Crippen LogP contribution in [0, 0.1) is 0 Å². The molecule has 0 saturated heterocycles. The van der Waals surface area contributed by atoms with E-state index in [-0.39, 0.29) is 11.9 Å². The normalized spacial score (nSPS) is 11.8. The molecule has 0 aromatic heterocycles. The van der Waals surface area contributed by atoms with Crippen molar-refractivity contribution < 1.29 is 4.79 Å². The molecule has 0 fully saturated rings. The van der Waals surface area contributed by atoms with Gasteiger partial charge in [-0.3, -0.25) is 4.79 Å². The highest BCUT2D eigenvalue weighted by Crippen LogP contribution is 2.22. The number of anilines is 2. The molecule has 2 aromatic rings. The molecule has 0 bridgehead atoms. The number of nitrogens with one attached hydrogen (secondary N) is 1. The Hall–Kier alpha value is -2.49. The van der Waals surface area contributed by atoms with Crippen molar-refractivity contribution in [2.75, 3.05) is 24.7 Å². The third-order valence-electron chi connectivity index (χ3n) is 3.42. The van der Waals surface area contributed by atoms with Gasteiger partial charge < -0.3 is 16.0 Å². The fourth-order valence-electron chi connectivity index (χ4n) is 2.21. The van der Waals surface area contributed by atoms with Crippen molar-refractivity contribution in [1.29, 1.82) is 0 Å². The Morgan fingerprint density at radius 1 is 1.14 bits per heavy atom. The first-order valence-corrected chi connectivity index (χ1v) is 6.91. The molecular formula is C17H21N3O. The Morgan fingerprint density at radius 2 is 1.81 bits per heavy atom. The van der Waals surface area contributed by atoms with Gasteiger partial charge >= 0.3 is 0 Å².